The number of aromatic hydroxyl groups is 1. The number of unbranched alkanes of at least 4 members (excludes halogenated alkanes) is 5. The summed E-state index contributed by atoms with van der Waals surface area (Å²) in [4.78, 5) is 0. The maximum atomic E-state index is 9.81. The highest BCUT2D eigenvalue weighted by Crippen LogP contribution is 2.36. The number of phenols is 1. The zero-order valence-electron chi connectivity index (χ0n) is 13.5. The molecule has 3 nitrogen and oxygen atoms in total. The van der Waals surface area contributed by atoms with Crippen LogP contribution in [-0.2, 0) is 6.61 Å². The fourth-order valence-electron chi connectivity index (χ4n) is 1.92. The Labute approximate surface area is 137 Å². The molecule has 0 saturated carbocycles. The molecule has 0 heterocycles. The lowest BCUT2D eigenvalue weighted by molar-refractivity contribution is 0.275. The van der Waals surface area contributed by atoms with Crippen LogP contribution in [0.5, 0.6) is 11.5 Å². The highest BCUT2D eigenvalue weighted by Gasteiger charge is 2.09. The third kappa shape index (κ3) is 8.32. The Morgan fingerprint density at radius 2 is 1.67 bits per heavy atom. The summed E-state index contributed by atoms with van der Waals surface area (Å²) in [6, 6.07) is 3.29. The van der Waals surface area contributed by atoms with E-state index < -0.39 is 0 Å². The molecule has 0 amide bonds. The molecular weight excluding hydrogens is 332 g/mol. The summed E-state index contributed by atoms with van der Waals surface area (Å²) in [5.41, 5.74) is 0.663. The van der Waals surface area contributed by atoms with E-state index in [1.807, 2.05) is 13.8 Å². The molecule has 0 aliphatic rings. The van der Waals surface area contributed by atoms with Gasteiger partial charge in [-0.3, -0.25) is 0 Å². The number of aliphatic hydroxyl groups is 1. The second-order valence-electron chi connectivity index (χ2n) is 4.70. The van der Waals surface area contributed by atoms with Crippen molar-refractivity contribution in [1.29, 1.82) is 0 Å². The van der Waals surface area contributed by atoms with Gasteiger partial charge in [-0.05, 0) is 40.0 Å². The highest BCUT2D eigenvalue weighted by molar-refractivity contribution is 9.10. The van der Waals surface area contributed by atoms with E-state index >= 15 is 0 Å². The van der Waals surface area contributed by atoms with E-state index in [1.165, 1.54) is 31.7 Å². The second kappa shape index (κ2) is 13.0. The molecule has 122 valence electrons. The van der Waals surface area contributed by atoms with E-state index in [-0.39, 0.29) is 12.4 Å². The summed E-state index contributed by atoms with van der Waals surface area (Å²) < 4.78 is 6.28. The van der Waals surface area contributed by atoms with Crippen molar-refractivity contribution in [2.45, 2.75) is 65.9 Å². The minimum atomic E-state index is -0.0934. The lowest BCUT2D eigenvalue weighted by Gasteiger charge is -2.11. The average molecular weight is 361 g/mol. The Kier molecular flexibility index (Phi) is 12.5. The van der Waals surface area contributed by atoms with Crippen LogP contribution in [-0.4, -0.2) is 16.8 Å². The molecule has 2 N–H and O–H groups in total. The van der Waals surface area contributed by atoms with Gasteiger partial charge in [-0.1, -0.05) is 52.9 Å². The van der Waals surface area contributed by atoms with Crippen molar-refractivity contribution in [1.82, 2.24) is 0 Å². The predicted octanol–water partition coefficient (Wildman–Crippen LogP) is 5.41. The van der Waals surface area contributed by atoms with E-state index in [0.717, 1.165) is 12.8 Å². The zero-order valence-corrected chi connectivity index (χ0v) is 15.1. The van der Waals surface area contributed by atoms with Crippen molar-refractivity contribution in [3.8, 4) is 11.5 Å². The van der Waals surface area contributed by atoms with Crippen molar-refractivity contribution in [2.24, 2.45) is 0 Å². The number of benzene rings is 1. The van der Waals surface area contributed by atoms with E-state index in [0.29, 0.717) is 22.4 Å². The molecule has 0 fully saturated rings. The molecular formula is C17H29BrO3. The smallest absolute Gasteiger partial charge is 0.175 e. The van der Waals surface area contributed by atoms with Gasteiger partial charge in [-0.15, -0.1) is 0 Å². The van der Waals surface area contributed by atoms with Gasteiger partial charge < -0.3 is 14.9 Å². The molecule has 0 radical (unpaired) electrons. The molecule has 0 saturated heterocycles. The average Bonchev–Trinajstić information content (AvgIpc) is 2.50. The summed E-state index contributed by atoms with van der Waals surface area (Å²) in [6.45, 7) is 6.72. The van der Waals surface area contributed by atoms with Crippen molar-refractivity contribution < 1.29 is 14.9 Å². The number of halogens is 1. The number of phenolic OH excluding ortho intramolecular Hbond substituents is 1. The molecule has 0 unspecified atom stereocenters. The Morgan fingerprint density at radius 1 is 1.05 bits per heavy atom. The number of hydrogen-bond donors (Lipinski definition) is 2. The molecule has 0 aliphatic heterocycles. The molecule has 21 heavy (non-hydrogen) atoms. The summed E-state index contributed by atoms with van der Waals surface area (Å²) in [6.07, 6.45) is 7.25. The molecule has 1 aromatic carbocycles. The minimum Gasteiger partial charge on any atom is -0.504 e. The third-order valence-electron chi connectivity index (χ3n) is 3.01. The van der Waals surface area contributed by atoms with Crippen LogP contribution < -0.4 is 4.74 Å². The van der Waals surface area contributed by atoms with Gasteiger partial charge in [0.2, 0.25) is 0 Å². The van der Waals surface area contributed by atoms with E-state index in [2.05, 4.69) is 22.9 Å². The predicted molar refractivity (Wildman–Crippen MR) is 91.9 cm³/mol. The number of aliphatic hydroxyl groups excluding tert-OH is 1. The van der Waals surface area contributed by atoms with Gasteiger partial charge in [0.1, 0.15) is 0 Å². The number of hydrogen-bond acceptors (Lipinski definition) is 3. The summed E-state index contributed by atoms with van der Waals surface area (Å²) in [7, 11) is 0. The largest absolute Gasteiger partial charge is 0.504 e. The summed E-state index contributed by atoms with van der Waals surface area (Å²) in [5, 5.41) is 18.8. The van der Waals surface area contributed by atoms with Gasteiger partial charge in [0, 0.05) is 0 Å². The fraction of sp³-hybridized carbons (Fsp3) is 0.647. The molecule has 4 heteroatoms. The molecule has 1 rings (SSSR count). The van der Waals surface area contributed by atoms with Gasteiger partial charge in [-0.2, -0.15) is 0 Å². The van der Waals surface area contributed by atoms with E-state index in [9.17, 15) is 5.11 Å². The van der Waals surface area contributed by atoms with Crippen LogP contribution in [0, 0.1) is 0 Å². The van der Waals surface area contributed by atoms with Gasteiger partial charge >= 0.3 is 0 Å². The minimum absolute atomic E-state index is 0.0735. The van der Waals surface area contributed by atoms with Crippen LogP contribution in [0.2, 0.25) is 0 Å². The van der Waals surface area contributed by atoms with Crippen molar-refractivity contribution in [2.75, 3.05) is 6.61 Å². The molecule has 0 bridgehead atoms. The van der Waals surface area contributed by atoms with Crippen LogP contribution in [0.15, 0.2) is 16.6 Å². The molecule has 0 aromatic heterocycles. The lowest BCUT2D eigenvalue weighted by Crippen LogP contribution is -1.99. The lowest BCUT2D eigenvalue weighted by atomic mass is 10.1. The first-order valence-corrected chi connectivity index (χ1v) is 8.73. The fourth-order valence-corrected chi connectivity index (χ4v) is 2.54. The molecule has 1 aromatic rings. The van der Waals surface area contributed by atoms with Gasteiger partial charge in [0.05, 0.1) is 17.7 Å². The van der Waals surface area contributed by atoms with Gasteiger partial charge in [0.15, 0.2) is 11.5 Å². The van der Waals surface area contributed by atoms with Crippen LogP contribution in [0.3, 0.4) is 0 Å². The number of rotatable bonds is 9. The first-order chi connectivity index (χ1) is 10.2. The first-order valence-electron chi connectivity index (χ1n) is 7.94. The van der Waals surface area contributed by atoms with Crippen LogP contribution in [0.25, 0.3) is 0 Å². The topological polar surface area (TPSA) is 49.7 Å². The maximum absolute atomic E-state index is 9.81. The monoisotopic (exact) mass is 360 g/mol. The Bertz CT molecular complexity index is 357. The molecule has 0 aliphatic carbocycles. The maximum Gasteiger partial charge on any atom is 0.175 e. The standard InChI is InChI=1S/C15H23BrO3.C2H6/c1-2-3-4-5-6-7-8-19-15-13(16)9-12(11-17)10-14(15)18;1-2/h9-10,17-18H,2-8,11H2,1H3;1-2H3. The van der Waals surface area contributed by atoms with Crippen molar-refractivity contribution in [3.63, 3.8) is 0 Å². The Morgan fingerprint density at radius 3 is 2.24 bits per heavy atom. The van der Waals surface area contributed by atoms with Crippen molar-refractivity contribution >= 4 is 15.9 Å². The first kappa shape index (κ1) is 20.3. The van der Waals surface area contributed by atoms with Crippen molar-refractivity contribution in [3.05, 3.63) is 22.2 Å². The van der Waals surface area contributed by atoms with E-state index in [1.54, 1.807) is 6.07 Å². The quantitative estimate of drug-likeness (QED) is 0.578. The van der Waals surface area contributed by atoms with Gasteiger partial charge in [-0.25, -0.2) is 0 Å². The van der Waals surface area contributed by atoms with Crippen LogP contribution in [0.1, 0.15) is 64.9 Å². The second-order valence-corrected chi connectivity index (χ2v) is 5.55. The normalized spacial score (nSPS) is 9.95. The Balaban J connectivity index is 0.00000191. The highest BCUT2D eigenvalue weighted by atomic mass is 79.9. The van der Waals surface area contributed by atoms with Gasteiger partial charge in [0.25, 0.3) is 0 Å². The zero-order chi connectivity index (χ0) is 16.1. The molecule has 0 atom stereocenters. The SMILES string of the molecule is CC.CCCCCCCCOc1c(O)cc(CO)cc1Br. The summed E-state index contributed by atoms with van der Waals surface area (Å²) in [5.74, 6) is 0.537. The summed E-state index contributed by atoms with van der Waals surface area (Å²) >= 11 is 3.35. The van der Waals surface area contributed by atoms with Crippen LogP contribution >= 0.6 is 15.9 Å². The molecule has 0 spiro atoms. The van der Waals surface area contributed by atoms with Crippen LogP contribution in [0.4, 0.5) is 0 Å². The van der Waals surface area contributed by atoms with E-state index in [4.69, 9.17) is 9.84 Å². The Hall–Kier alpha value is -0.740. The number of ether oxygens (including phenoxy) is 1. The third-order valence-corrected chi connectivity index (χ3v) is 3.60.